The summed E-state index contributed by atoms with van der Waals surface area (Å²) in [6.07, 6.45) is 3.59. The van der Waals surface area contributed by atoms with Crippen LogP contribution < -0.4 is 15.6 Å². The Morgan fingerprint density at radius 2 is 1.68 bits per heavy atom. The Hall–Kier alpha value is -3.41. The number of carbonyl (C=O) groups is 1. The molecule has 1 amide bonds. The van der Waals surface area contributed by atoms with Crippen LogP contribution in [0.15, 0.2) is 53.3 Å². The minimum Gasteiger partial charge on any atom is -0.497 e. The van der Waals surface area contributed by atoms with Crippen LogP contribution in [0.3, 0.4) is 0 Å². The highest BCUT2D eigenvalue weighted by molar-refractivity contribution is 5.93. The predicted molar refractivity (Wildman–Crippen MR) is 122 cm³/mol. The summed E-state index contributed by atoms with van der Waals surface area (Å²) in [4.78, 5) is 26.2. The second kappa shape index (κ2) is 8.76. The molecule has 1 aliphatic rings. The molecule has 4 rings (SSSR count). The van der Waals surface area contributed by atoms with Gasteiger partial charge in [0, 0.05) is 16.8 Å². The molecule has 0 bridgehead atoms. The van der Waals surface area contributed by atoms with E-state index >= 15 is 0 Å². The third-order valence-electron chi connectivity index (χ3n) is 5.86. The van der Waals surface area contributed by atoms with Crippen molar-refractivity contribution in [3.63, 3.8) is 0 Å². The average Bonchev–Trinajstić information content (AvgIpc) is 2.80. The molecule has 0 spiro atoms. The molecule has 1 aliphatic carbocycles. The molecule has 1 heterocycles. The largest absolute Gasteiger partial charge is 0.497 e. The molecule has 2 aromatic carbocycles. The van der Waals surface area contributed by atoms with E-state index in [9.17, 15) is 9.59 Å². The van der Waals surface area contributed by atoms with E-state index < -0.39 is 6.04 Å². The smallest absolute Gasteiger partial charge is 0.271 e. The summed E-state index contributed by atoms with van der Waals surface area (Å²) in [5.41, 5.74) is 5.24. The van der Waals surface area contributed by atoms with Crippen molar-refractivity contribution in [1.82, 2.24) is 9.78 Å². The number of nitrogens with one attached hydrogen (secondary N) is 1. The van der Waals surface area contributed by atoms with Crippen LogP contribution in [0.1, 0.15) is 42.5 Å². The number of anilines is 1. The van der Waals surface area contributed by atoms with Gasteiger partial charge in [-0.2, -0.15) is 5.10 Å². The number of aromatic nitrogens is 2. The number of fused-ring (bicyclic) bond motifs is 1. The van der Waals surface area contributed by atoms with E-state index in [0.717, 1.165) is 53.6 Å². The van der Waals surface area contributed by atoms with Crippen molar-refractivity contribution in [2.45, 2.75) is 45.6 Å². The molecule has 0 radical (unpaired) electrons. The van der Waals surface area contributed by atoms with Crippen molar-refractivity contribution in [2.24, 2.45) is 0 Å². The number of hydrogen-bond acceptors (Lipinski definition) is 4. The van der Waals surface area contributed by atoms with Crippen LogP contribution in [-0.4, -0.2) is 22.8 Å². The fourth-order valence-electron chi connectivity index (χ4n) is 3.99. The first-order valence-corrected chi connectivity index (χ1v) is 10.6. The molecule has 0 unspecified atom stereocenters. The van der Waals surface area contributed by atoms with Crippen molar-refractivity contribution in [3.8, 4) is 17.0 Å². The highest BCUT2D eigenvalue weighted by Crippen LogP contribution is 2.29. The highest BCUT2D eigenvalue weighted by Gasteiger charge is 2.25. The van der Waals surface area contributed by atoms with E-state index in [-0.39, 0.29) is 11.5 Å². The van der Waals surface area contributed by atoms with Gasteiger partial charge in [0.15, 0.2) is 0 Å². The maximum absolute atomic E-state index is 13.2. The Kier molecular flexibility index (Phi) is 5.89. The van der Waals surface area contributed by atoms with Crippen molar-refractivity contribution in [3.05, 3.63) is 75.6 Å². The van der Waals surface area contributed by atoms with Crippen LogP contribution in [0.4, 0.5) is 5.69 Å². The van der Waals surface area contributed by atoms with Gasteiger partial charge in [-0.25, -0.2) is 4.68 Å². The average molecular weight is 418 g/mol. The van der Waals surface area contributed by atoms with Gasteiger partial charge in [-0.05, 0) is 69.4 Å². The number of ether oxygens (including phenoxy) is 1. The number of methoxy groups -OCH3 is 1. The zero-order valence-corrected chi connectivity index (χ0v) is 18.1. The zero-order valence-electron chi connectivity index (χ0n) is 18.1. The van der Waals surface area contributed by atoms with Crippen molar-refractivity contribution in [1.29, 1.82) is 0 Å². The lowest BCUT2D eigenvalue weighted by Gasteiger charge is -2.22. The summed E-state index contributed by atoms with van der Waals surface area (Å²) in [6, 6.07) is 14.5. The molecule has 1 aromatic heterocycles. The number of carbonyl (C=O) groups excluding carboxylic acids is 1. The standard InChI is InChI=1S/C25H27N3O3/c1-16-8-10-18(11-9-16)23-21-6-4-5-7-22(21)25(30)28(27-23)17(2)24(29)26-19-12-14-20(31-3)15-13-19/h8-15,17H,4-7H2,1-3H3,(H,26,29)/t17-/m0/s1. The molecule has 0 saturated heterocycles. The van der Waals surface area contributed by atoms with Gasteiger partial charge in [-0.3, -0.25) is 9.59 Å². The lowest BCUT2D eigenvalue weighted by atomic mass is 9.89. The fraction of sp³-hybridized carbons (Fsp3) is 0.320. The summed E-state index contributed by atoms with van der Waals surface area (Å²) >= 11 is 0. The molecule has 0 saturated carbocycles. The van der Waals surface area contributed by atoms with E-state index in [4.69, 9.17) is 9.84 Å². The van der Waals surface area contributed by atoms with Crippen molar-refractivity contribution < 1.29 is 9.53 Å². The van der Waals surface area contributed by atoms with Crippen molar-refractivity contribution in [2.75, 3.05) is 12.4 Å². The fourth-order valence-corrected chi connectivity index (χ4v) is 3.99. The normalized spacial score (nSPS) is 13.9. The minimum absolute atomic E-state index is 0.164. The third-order valence-corrected chi connectivity index (χ3v) is 5.86. The summed E-state index contributed by atoms with van der Waals surface area (Å²) in [5, 5.41) is 7.57. The highest BCUT2D eigenvalue weighted by atomic mass is 16.5. The van der Waals surface area contributed by atoms with Gasteiger partial charge in [-0.15, -0.1) is 0 Å². The van der Waals surface area contributed by atoms with Crippen LogP contribution in [0.5, 0.6) is 5.75 Å². The molecule has 1 atom stereocenters. The molecule has 0 fully saturated rings. The maximum atomic E-state index is 13.2. The van der Waals surface area contributed by atoms with Crippen LogP contribution in [-0.2, 0) is 17.6 Å². The van der Waals surface area contributed by atoms with Crippen LogP contribution in [0, 0.1) is 6.92 Å². The number of nitrogens with zero attached hydrogens (tertiary/aromatic N) is 2. The second-order valence-corrected chi connectivity index (χ2v) is 8.02. The Morgan fingerprint density at radius 3 is 2.32 bits per heavy atom. The maximum Gasteiger partial charge on any atom is 0.271 e. The second-order valence-electron chi connectivity index (χ2n) is 8.02. The van der Waals surface area contributed by atoms with Gasteiger partial charge in [0.2, 0.25) is 5.91 Å². The van der Waals surface area contributed by atoms with Gasteiger partial charge in [-0.1, -0.05) is 29.8 Å². The van der Waals surface area contributed by atoms with Crippen LogP contribution >= 0.6 is 0 Å². The minimum atomic E-state index is -0.744. The number of hydrogen-bond donors (Lipinski definition) is 1. The lowest BCUT2D eigenvalue weighted by Crippen LogP contribution is -2.37. The van der Waals surface area contributed by atoms with Crippen LogP contribution in [0.25, 0.3) is 11.3 Å². The third kappa shape index (κ3) is 4.24. The first kappa shape index (κ1) is 20.8. The molecule has 6 nitrogen and oxygen atoms in total. The van der Waals surface area contributed by atoms with Gasteiger partial charge >= 0.3 is 0 Å². The van der Waals surface area contributed by atoms with E-state index in [1.54, 1.807) is 38.3 Å². The lowest BCUT2D eigenvalue weighted by molar-refractivity contribution is -0.119. The molecule has 160 valence electrons. The Morgan fingerprint density at radius 1 is 1.03 bits per heavy atom. The van der Waals surface area contributed by atoms with Gasteiger partial charge in [0.1, 0.15) is 11.8 Å². The van der Waals surface area contributed by atoms with Gasteiger partial charge in [0.05, 0.1) is 12.8 Å². The zero-order chi connectivity index (χ0) is 22.0. The first-order valence-electron chi connectivity index (χ1n) is 10.6. The summed E-state index contributed by atoms with van der Waals surface area (Å²) in [7, 11) is 1.59. The Balaban J connectivity index is 1.71. The molecular formula is C25H27N3O3. The summed E-state index contributed by atoms with van der Waals surface area (Å²) in [5.74, 6) is 0.423. The molecule has 0 aliphatic heterocycles. The quantitative estimate of drug-likeness (QED) is 0.672. The van der Waals surface area contributed by atoms with Gasteiger partial charge in [0.25, 0.3) is 5.56 Å². The predicted octanol–water partition coefficient (Wildman–Crippen LogP) is 4.31. The Labute approximate surface area is 181 Å². The molecule has 3 aromatic rings. The number of benzene rings is 2. The van der Waals surface area contributed by atoms with Crippen LogP contribution in [0.2, 0.25) is 0 Å². The number of aryl methyl sites for hydroxylation is 1. The van der Waals surface area contributed by atoms with E-state index in [0.29, 0.717) is 11.4 Å². The van der Waals surface area contributed by atoms with E-state index in [1.807, 2.05) is 31.2 Å². The molecule has 6 heteroatoms. The number of rotatable bonds is 5. The topological polar surface area (TPSA) is 73.2 Å². The van der Waals surface area contributed by atoms with Crippen molar-refractivity contribution >= 4 is 11.6 Å². The van der Waals surface area contributed by atoms with E-state index in [1.165, 1.54) is 4.68 Å². The van der Waals surface area contributed by atoms with E-state index in [2.05, 4.69) is 5.32 Å². The monoisotopic (exact) mass is 417 g/mol. The molecular weight excluding hydrogens is 390 g/mol. The van der Waals surface area contributed by atoms with Gasteiger partial charge < -0.3 is 10.1 Å². The number of amides is 1. The summed E-state index contributed by atoms with van der Waals surface area (Å²) < 4.78 is 6.50. The Bertz CT molecular complexity index is 1150. The first-order chi connectivity index (χ1) is 15.0. The SMILES string of the molecule is COc1ccc(NC(=O)[C@H](C)n2nc(-c3ccc(C)cc3)c3c(c2=O)CCCC3)cc1. The molecule has 31 heavy (non-hydrogen) atoms. The molecule has 1 N–H and O–H groups in total. The summed E-state index contributed by atoms with van der Waals surface area (Å²) in [6.45, 7) is 3.75.